The first kappa shape index (κ1) is 18.5. The molecule has 1 saturated heterocycles. The Kier molecular flexibility index (Phi) is 4.22. The molecule has 146 valence electrons. The van der Waals surface area contributed by atoms with Crippen molar-refractivity contribution in [1.82, 2.24) is 10.2 Å². The number of nitrogens with zero attached hydrogens (tertiary/aromatic N) is 1. The number of amides is 3. The van der Waals surface area contributed by atoms with E-state index in [0.29, 0.717) is 18.4 Å². The quantitative estimate of drug-likeness (QED) is 0.791. The van der Waals surface area contributed by atoms with Gasteiger partial charge in [-0.3, -0.25) is 9.69 Å². The summed E-state index contributed by atoms with van der Waals surface area (Å²) in [6.07, 6.45) is 1.15. The van der Waals surface area contributed by atoms with Crippen LogP contribution in [0.5, 0.6) is 0 Å². The van der Waals surface area contributed by atoms with E-state index in [4.69, 9.17) is 0 Å². The molecule has 9 heteroatoms. The van der Waals surface area contributed by atoms with E-state index in [0.717, 1.165) is 28.2 Å². The number of urea groups is 1. The van der Waals surface area contributed by atoms with Crippen molar-refractivity contribution in [3.8, 4) is 0 Å². The van der Waals surface area contributed by atoms with Gasteiger partial charge in [-0.2, -0.15) is 8.78 Å². The molecule has 1 spiro atoms. The Balaban J connectivity index is 1.59. The molecule has 1 N–H and O–H groups in total. The number of rotatable bonds is 4. The highest BCUT2D eigenvalue weighted by atomic mass is 32.2. The van der Waals surface area contributed by atoms with Gasteiger partial charge in [0.15, 0.2) is 0 Å². The molecule has 3 amide bonds. The second-order valence-electron chi connectivity index (χ2n) is 6.83. The summed E-state index contributed by atoms with van der Waals surface area (Å²) < 4.78 is 48.3. The third-order valence-corrected chi connectivity index (χ3v) is 6.65. The van der Waals surface area contributed by atoms with Crippen LogP contribution < -0.4 is 5.32 Å². The lowest BCUT2D eigenvalue weighted by atomic mass is 9.92. The topological polar surface area (TPSA) is 83.6 Å². The molecule has 28 heavy (non-hydrogen) atoms. The molecule has 2 aromatic carbocycles. The van der Waals surface area contributed by atoms with Crippen LogP contribution in [0.4, 0.5) is 13.6 Å². The summed E-state index contributed by atoms with van der Waals surface area (Å²) in [7, 11) is -4.69. The van der Waals surface area contributed by atoms with E-state index in [-0.39, 0.29) is 12.5 Å². The van der Waals surface area contributed by atoms with Gasteiger partial charge < -0.3 is 5.32 Å². The zero-order valence-corrected chi connectivity index (χ0v) is 15.4. The minimum atomic E-state index is -4.69. The number of aryl methyl sites for hydroxylation is 1. The predicted octanol–water partition coefficient (Wildman–Crippen LogP) is 2.58. The molecule has 1 unspecified atom stereocenters. The van der Waals surface area contributed by atoms with Crippen LogP contribution >= 0.6 is 0 Å². The number of carbonyl (C=O) groups excluding carboxylic acids is 2. The lowest BCUT2D eigenvalue weighted by Gasteiger charge is -2.22. The summed E-state index contributed by atoms with van der Waals surface area (Å²) in [4.78, 5) is 26.1. The lowest BCUT2D eigenvalue weighted by molar-refractivity contribution is -0.132. The van der Waals surface area contributed by atoms with Crippen molar-refractivity contribution in [3.05, 3.63) is 65.2 Å². The molecule has 6 nitrogen and oxygen atoms in total. The number of hydrogen-bond acceptors (Lipinski definition) is 4. The molecule has 0 radical (unpaired) electrons. The number of hydrogen-bond donors (Lipinski definition) is 1. The van der Waals surface area contributed by atoms with Gasteiger partial charge in [-0.1, -0.05) is 36.4 Å². The second kappa shape index (κ2) is 6.37. The predicted molar refractivity (Wildman–Crippen MR) is 95.2 cm³/mol. The molecular formula is C19H16F2N2O4S. The van der Waals surface area contributed by atoms with E-state index < -0.39 is 32.1 Å². The van der Waals surface area contributed by atoms with E-state index in [2.05, 4.69) is 5.32 Å². The number of halogens is 2. The number of nitrogens with one attached hydrogen (secondary N) is 1. The summed E-state index contributed by atoms with van der Waals surface area (Å²) in [5.74, 6) is -3.88. The SMILES string of the molecule is O=C1NC2(CCc3ccccc32)C(=O)N1Cc1ccc(S(=O)(=O)C(F)F)cc1. The van der Waals surface area contributed by atoms with Crippen molar-refractivity contribution in [2.24, 2.45) is 0 Å². The summed E-state index contributed by atoms with van der Waals surface area (Å²) in [5, 5.41) is 2.80. The average molecular weight is 406 g/mol. The minimum Gasteiger partial charge on any atom is -0.319 e. The fraction of sp³-hybridized carbons (Fsp3) is 0.263. The highest BCUT2D eigenvalue weighted by molar-refractivity contribution is 7.91. The van der Waals surface area contributed by atoms with Gasteiger partial charge in [0.2, 0.25) is 9.84 Å². The van der Waals surface area contributed by atoms with Gasteiger partial charge in [-0.05, 0) is 41.7 Å². The molecule has 2 aliphatic rings. The van der Waals surface area contributed by atoms with E-state index >= 15 is 0 Å². The van der Waals surface area contributed by atoms with Crippen LogP contribution in [0.2, 0.25) is 0 Å². The molecule has 0 bridgehead atoms. The third-order valence-electron chi connectivity index (χ3n) is 5.25. The minimum absolute atomic E-state index is 0.0798. The van der Waals surface area contributed by atoms with Gasteiger partial charge in [0.1, 0.15) is 5.54 Å². The second-order valence-corrected chi connectivity index (χ2v) is 8.75. The average Bonchev–Trinajstić information content (AvgIpc) is 3.16. The maximum atomic E-state index is 13.1. The van der Waals surface area contributed by atoms with Gasteiger partial charge in [0.05, 0.1) is 11.4 Å². The largest absolute Gasteiger partial charge is 0.341 e. The van der Waals surface area contributed by atoms with Crippen molar-refractivity contribution in [2.75, 3.05) is 0 Å². The fourth-order valence-corrected chi connectivity index (χ4v) is 4.52. The van der Waals surface area contributed by atoms with Crippen LogP contribution in [-0.4, -0.2) is 31.0 Å². The number of benzene rings is 2. The van der Waals surface area contributed by atoms with Crippen LogP contribution in [0.1, 0.15) is 23.1 Å². The lowest BCUT2D eigenvalue weighted by Crippen LogP contribution is -2.41. The van der Waals surface area contributed by atoms with Crippen molar-refractivity contribution in [1.29, 1.82) is 0 Å². The van der Waals surface area contributed by atoms with Gasteiger partial charge in [0, 0.05) is 0 Å². The maximum absolute atomic E-state index is 13.1. The van der Waals surface area contributed by atoms with Crippen molar-refractivity contribution in [2.45, 2.75) is 35.6 Å². The first-order valence-electron chi connectivity index (χ1n) is 8.59. The molecule has 0 saturated carbocycles. The highest BCUT2D eigenvalue weighted by Gasteiger charge is 2.55. The zero-order chi connectivity index (χ0) is 20.1. The Labute approximate surface area is 160 Å². The van der Waals surface area contributed by atoms with Crippen LogP contribution in [0.15, 0.2) is 53.4 Å². The van der Waals surface area contributed by atoms with Gasteiger partial charge >= 0.3 is 11.8 Å². The normalized spacial score (nSPS) is 21.5. The van der Waals surface area contributed by atoms with Gasteiger partial charge in [-0.25, -0.2) is 13.2 Å². The van der Waals surface area contributed by atoms with Gasteiger partial charge in [-0.15, -0.1) is 0 Å². The molecule has 1 atom stereocenters. The van der Waals surface area contributed by atoms with Crippen molar-refractivity contribution < 1.29 is 26.8 Å². The Morgan fingerprint density at radius 2 is 1.75 bits per heavy atom. The number of sulfone groups is 1. The summed E-state index contributed by atoms with van der Waals surface area (Å²) in [6.45, 7) is -0.0798. The van der Waals surface area contributed by atoms with E-state index in [1.807, 2.05) is 24.3 Å². The monoisotopic (exact) mass is 406 g/mol. The standard InChI is InChI=1S/C19H16F2N2O4S/c20-17(21)28(26,27)14-7-5-12(6-8-14)11-23-16(24)19(22-18(23)25)10-9-13-3-1-2-4-15(13)19/h1-8,17H,9-11H2,(H,22,25). The molecular weight excluding hydrogens is 390 g/mol. The molecule has 0 aromatic heterocycles. The fourth-order valence-electron chi connectivity index (χ4n) is 3.80. The Hall–Kier alpha value is -2.81. The summed E-state index contributed by atoms with van der Waals surface area (Å²) in [5.41, 5.74) is 1.18. The first-order chi connectivity index (χ1) is 13.3. The third kappa shape index (κ3) is 2.69. The zero-order valence-electron chi connectivity index (χ0n) is 14.6. The molecule has 1 aliphatic heterocycles. The van der Waals surface area contributed by atoms with Crippen LogP contribution in [0.25, 0.3) is 0 Å². The van der Waals surface area contributed by atoms with E-state index in [9.17, 15) is 26.8 Å². The maximum Gasteiger partial charge on any atom is 0.341 e. The number of fused-ring (bicyclic) bond motifs is 2. The smallest absolute Gasteiger partial charge is 0.319 e. The number of carbonyl (C=O) groups is 2. The molecule has 2 aromatic rings. The molecule has 1 fully saturated rings. The number of alkyl halides is 2. The van der Waals surface area contributed by atoms with Gasteiger partial charge in [0.25, 0.3) is 5.91 Å². The Bertz CT molecular complexity index is 1070. The highest BCUT2D eigenvalue weighted by Crippen LogP contribution is 2.41. The van der Waals surface area contributed by atoms with E-state index in [1.54, 1.807) is 0 Å². The van der Waals surface area contributed by atoms with Crippen LogP contribution in [-0.2, 0) is 33.1 Å². The van der Waals surface area contributed by atoms with Crippen LogP contribution in [0.3, 0.4) is 0 Å². The van der Waals surface area contributed by atoms with Crippen molar-refractivity contribution in [3.63, 3.8) is 0 Å². The summed E-state index contributed by atoms with van der Waals surface area (Å²) >= 11 is 0. The Morgan fingerprint density at radius 1 is 1.07 bits per heavy atom. The number of imide groups is 1. The molecule has 1 aliphatic carbocycles. The van der Waals surface area contributed by atoms with Crippen molar-refractivity contribution >= 4 is 21.8 Å². The summed E-state index contributed by atoms with van der Waals surface area (Å²) in [6, 6.07) is 11.7. The van der Waals surface area contributed by atoms with Crippen LogP contribution in [0, 0.1) is 0 Å². The molecule has 4 rings (SSSR count). The van der Waals surface area contributed by atoms with E-state index in [1.165, 1.54) is 12.1 Å². The first-order valence-corrected chi connectivity index (χ1v) is 10.1. The Morgan fingerprint density at radius 3 is 2.43 bits per heavy atom. The molecule has 1 heterocycles.